The van der Waals surface area contributed by atoms with Crippen LogP contribution in [0.25, 0.3) is 12.2 Å². The van der Waals surface area contributed by atoms with Crippen LogP contribution in [0.5, 0.6) is 5.75 Å². The fourth-order valence-corrected chi connectivity index (χ4v) is 3.12. The highest BCUT2D eigenvalue weighted by Gasteiger charge is 2.13. The summed E-state index contributed by atoms with van der Waals surface area (Å²) in [7, 11) is 0.362. The van der Waals surface area contributed by atoms with E-state index in [2.05, 4.69) is 25.0 Å². The van der Waals surface area contributed by atoms with Crippen LogP contribution in [0.4, 0.5) is 10.5 Å². The molecule has 0 fully saturated rings. The van der Waals surface area contributed by atoms with E-state index in [0.717, 1.165) is 23.5 Å². The third-order valence-electron chi connectivity index (χ3n) is 4.09. The molecule has 0 unspecified atom stereocenters. The molecule has 0 saturated carbocycles. The standard InChI is InChI=1S/C22H27NO4Si/c1-26-21-15-18(16-24)6-10-19(21)9-5-17-7-11-20(12-8-17)23-22(25)27-13-14-28(2,3)4/h5-12,15-16H,13-14H2,1-4H3,(H,23,25)/b9-5+. The number of methoxy groups -OCH3 is 1. The second kappa shape index (κ2) is 9.89. The monoisotopic (exact) mass is 397 g/mol. The summed E-state index contributed by atoms with van der Waals surface area (Å²) in [6.45, 7) is 7.18. The van der Waals surface area contributed by atoms with Gasteiger partial charge >= 0.3 is 6.09 Å². The largest absolute Gasteiger partial charge is 0.496 e. The molecule has 28 heavy (non-hydrogen) atoms. The molecule has 1 amide bonds. The summed E-state index contributed by atoms with van der Waals surface area (Å²) in [5, 5.41) is 2.74. The van der Waals surface area contributed by atoms with Gasteiger partial charge in [-0.1, -0.05) is 56.1 Å². The number of hydrogen-bond acceptors (Lipinski definition) is 4. The number of benzene rings is 2. The van der Waals surface area contributed by atoms with Gasteiger partial charge in [-0.25, -0.2) is 4.79 Å². The number of hydrogen-bond donors (Lipinski definition) is 1. The lowest BCUT2D eigenvalue weighted by Gasteiger charge is -2.15. The van der Waals surface area contributed by atoms with Crippen LogP contribution < -0.4 is 10.1 Å². The minimum absolute atomic E-state index is 0.429. The van der Waals surface area contributed by atoms with E-state index in [1.807, 2.05) is 42.5 Å². The number of carbonyl (C=O) groups excluding carboxylic acids is 2. The van der Waals surface area contributed by atoms with E-state index in [-0.39, 0.29) is 0 Å². The molecule has 0 aliphatic heterocycles. The number of aldehydes is 1. The summed E-state index contributed by atoms with van der Waals surface area (Å²) in [6, 6.07) is 13.7. The highest BCUT2D eigenvalue weighted by Crippen LogP contribution is 2.22. The van der Waals surface area contributed by atoms with Crippen LogP contribution in [-0.2, 0) is 4.74 Å². The third-order valence-corrected chi connectivity index (χ3v) is 5.80. The molecule has 5 nitrogen and oxygen atoms in total. The predicted molar refractivity (Wildman–Crippen MR) is 117 cm³/mol. The van der Waals surface area contributed by atoms with Gasteiger partial charge < -0.3 is 9.47 Å². The smallest absolute Gasteiger partial charge is 0.411 e. The molecule has 0 bridgehead atoms. The van der Waals surface area contributed by atoms with Gasteiger partial charge in [-0.15, -0.1) is 0 Å². The second-order valence-electron chi connectivity index (χ2n) is 7.65. The van der Waals surface area contributed by atoms with Gasteiger partial charge in [0.05, 0.1) is 13.7 Å². The third kappa shape index (κ3) is 7.04. The van der Waals surface area contributed by atoms with Crippen molar-refractivity contribution in [3.8, 4) is 5.75 Å². The van der Waals surface area contributed by atoms with Crippen molar-refractivity contribution in [1.82, 2.24) is 0 Å². The highest BCUT2D eigenvalue weighted by molar-refractivity contribution is 6.76. The van der Waals surface area contributed by atoms with Crippen molar-refractivity contribution >= 4 is 38.3 Å². The van der Waals surface area contributed by atoms with Gasteiger partial charge in [-0.2, -0.15) is 0 Å². The van der Waals surface area contributed by atoms with Gasteiger partial charge in [-0.05, 0) is 29.8 Å². The molecule has 0 radical (unpaired) electrons. The minimum Gasteiger partial charge on any atom is -0.496 e. The van der Waals surface area contributed by atoms with Gasteiger partial charge in [0.1, 0.15) is 12.0 Å². The number of amides is 1. The fourth-order valence-electron chi connectivity index (χ4n) is 2.41. The highest BCUT2D eigenvalue weighted by atomic mass is 28.3. The number of rotatable bonds is 8. The van der Waals surface area contributed by atoms with Crippen LogP contribution >= 0.6 is 0 Å². The predicted octanol–water partition coefficient (Wildman–Crippen LogP) is 5.56. The fraction of sp³-hybridized carbons (Fsp3) is 0.273. The molecule has 0 aromatic heterocycles. The zero-order valence-corrected chi connectivity index (χ0v) is 17.8. The van der Waals surface area contributed by atoms with Gasteiger partial charge in [0.2, 0.25) is 0 Å². The molecule has 0 heterocycles. The lowest BCUT2D eigenvalue weighted by atomic mass is 10.1. The van der Waals surface area contributed by atoms with Crippen LogP contribution in [0.2, 0.25) is 25.7 Å². The van der Waals surface area contributed by atoms with Crippen LogP contribution in [0, 0.1) is 0 Å². The Kier molecular flexibility index (Phi) is 7.58. The Morgan fingerprint density at radius 1 is 1.04 bits per heavy atom. The molecule has 2 aromatic rings. The van der Waals surface area contributed by atoms with Crippen LogP contribution in [0.3, 0.4) is 0 Å². The topological polar surface area (TPSA) is 64.6 Å². The van der Waals surface area contributed by atoms with Crippen molar-refractivity contribution in [3.05, 3.63) is 59.2 Å². The summed E-state index contributed by atoms with van der Waals surface area (Å²) in [5.41, 5.74) is 3.10. The van der Waals surface area contributed by atoms with Crippen molar-refractivity contribution in [3.63, 3.8) is 0 Å². The summed E-state index contributed by atoms with van der Waals surface area (Å²) < 4.78 is 10.6. The molecule has 2 aromatic carbocycles. The summed E-state index contributed by atoms with van der Waals surface area (Å²) in [5.74, 6) is 0.639. The second-order valence-corrected chi connectivity index (χ2v) is 13.3. The van der Waals surface area contributed by atoms with Crippen molar-refractivity contribution in [2.45, 2.75) is 25.7 Å². The molecule has 1 N–H and O–H groups in total. The van der Waals surface area contributed by atoms with E-state index in [1.54, 1.807) is 19.2 Å². The van der Waals surface area contributed by atoms with Crippen LogP contribution in [-0.4, -0.2) is 34.2 Å². The van der Waals surface area contributed by atoms with E-state index in [9.17, 15) is 9.59 Å². The van der Waals surface area contributed by atoms with E-state index in [0.29, 0.717) is 23.6 Å². The van der Waals surface area contributed by atoms with Crippen molar-refractivity contribution in [1.29, 1.82) is 0 Å². The summed E-state index contributed by atoms with van der Waals surface area (Å²) in [6.07, 6.45) is 4.22. The van der Waals surface area contributed by atoms with E-state index in [4.69, 9.17) is 9.47 Å². The Labute approximate surface area is 167 Å². The van der Waals surface area contributed by atoms with Crippen LogP contribution in [0.15, 0.2) is 42.5 Å². The number of carbonyl (C=O) groups is 2. The normalized spacial score (nSPS) is 11.3. The van der Waals surface area contributed by atoms with E-state index < -0.39 is 14.2 Å². The average Bonchev–Trinajstić information content (AvgIpc) is 2.66. The lowest BCUT2D eigenvalue weighted by molar-refractivity contribution is 0.112. The number of nitrogens with one attached hydrogen (secondary N) is 1. The molecule has 0 atom stereocenters. The Bertz CT molecular complexity index is 839. The SMILES string of the molecule is COc1cc(C=O)ccc1/C=C/c1ccc(NC(=O)OCC[Si](C)(C)C)cc1. The Balaban J connectivity index is 1.94. The minimum atomic E-state index is -1.21. The molecule has 0 saturated heterocycles. The molecule has 0 aliphatic carbocycles. The van der Waals surface area contributed by atoms with Crippen molar-refractivity contribution in [2.24, 2.45) is 0 Å². The van der Waals surface area contributed by atoms with E-state index >= 15 is 0 Å². The number of anilines is 1. The first-order chi connectivity index (χ1) is 13.3. The lowest BCUT2D eigenvalue weighted by Crippen LogP contribution is -2.24. The molecular formula is C22H27NO4Si. The first-order valence-corrected chi connectivity index (χ1v) is 12.9. The maximum Gasteiger partial charge on any atom is 0.411 e. The van der Waals surface area contributed by atoms with Gasteiger partial charge in [0.25, 0.3) is 0 Å². The Morgan fingerprint density at radius 2 is 1.71 bits per heavy atom. The first-order valence-electron chi connectivity index (χ1n) is 9.16. The number of ether oxygens (including phenoxy) is 2. The molecule has 2 rings (SSSR count). The zero-order valence-electron chi connectivity index (χ0n) is 16.8. The van der Waals surface area contributed by atoms with Crippen molar-refractivity contribution < 1.29 is 19.1 Å². The molecular weight excluding hydrogens is 370 g/mol. The Hall–Kier alpha value is -2.86. The van der Waals surface area contributed by atoms with Gasteiger partial charge in [0.15, 0.2) is 0 Å². The maximum atomic E-state index is 11.8. The molecule has 6 heteroatoms. The first kappa shape index (κ1) is 21.4. The summed E-state index contributed by atoms with van der Waals surface area (Å²) in [4.78, 5) is 22.7. The molecule has 0 spiro atoms. The quantitative estimate of drug-likeness (QED) is 0.359. The molecule has 0 aliphatic rings. The van der Waals surface area contributed by atoms with Crippen molar-refractivity contribution in [2.75, 3.05) is 19.0 Å². The maximum absolute atomic E-state index is 11.8. The molecule has 148 valence electrons. The Morgan fingerprint density at radius 3 is 2.32 bits per heavy atom. The average molecular weight is 398 g/mol. The van der Waals surface area contributed by atoms with Crippen LogP contribution in [0.1, 0.15) is 21.5 Å². The van der Waals surface area contributed by atoms with E-state index in [1.165, 1.54) is 0 Å². The summed E-state index contributed by atoms with van der Waals surface area (Å²) >= 11 is 0. The van der Waals surface area contributed by atoms with Gasteiger partial charge in [-0.3, -0.25) is 10.1 Å². The van der Waals surface area contributed by atoms with Gasteiger partial charge in [0, 0.05) is 24.9 Å². The zero-order chi connectivity index (χ0) is 20.6.